The van der Waals surface area contributed by atoms with Gasteiger partial charge in [0.15, 0.2) is 17.4 Å². The second kappa shape index (κ2) is 9.24. The first-order valence-electron chi connectivity index (χ1n) is 8.19. The van der Waals surface area contributed by atoms with Gasteiger partial charge in [-0.2, -0.15) is 0 Å². The van der Waals surface area contributed by atoms with E-state index in [0.29, 0.717) is 11.0 Å². The summed E-state index contributed by atoms with van der Waals surface area (Å²) in [5, 5.41) is 11.1. The number of aryl methyl sites for hydroxylation is 1. The average molecular weight is 513 g/mol. The Hall–Kier alpha value is -2.34. The van der Waals surface area contributed by atoms with Gasteiger partial charge in [-0.25, -0.2) is 9.07 Å². The molecule has 0 saturated heterocycles. The third-order valence-corrected chi connectivity index (χ3v) is 5.34. The zero-order valence-electron chi connectivity index (χ0n) is 14.9. The number of hydrogen-bond donors (Lipinski definition) is 2. The highest BCUT2D eigenvalue weighted by molar-refractivity contribution is 14.1. The van der Waals surface area contributed by atoms with Crippen LogP contribution in [-0.2, 0) is 11.4 Å². The maximum absolute atomic E-state index is 13.6. The number of nitrogens with one attached hydrogen (secondary N) is 1. The van der Waals surface area contributed by atoms with Gasteiger partial charge < -0.3 is 15.9 Å². The molecule has 0 unspecified atom stereocenters. The summed E-state index contributed by atoms with van der Waals surface area (Å²) < 4.78 is 21.3. The normalized spacial score (nSPS) is 10.7. The van der Waals surface area contributed by atoms with Crippen molar-refractivity contribution in [1.29, 1.82) is 0 Å². The van der Waals surface area contributed by atoms with Gasteiger partial charge in [0.05, 0.1) is 5.75 Å². The van der Waals surface area contributed by atoms with Crippen molar-refractivity contribution in [2.24, 2.45) is 0 Å². The number of rotatable bonds is 7. The summed E-state index contributed by atoms with van der Waals surface area (Å²) in [5.41, 5.74) is 1.75. The van der Waals surface area contributed by atoms with Gasteiger partial charge in [0, 0.05) is 9.26 Å². The molecule has 1 heterocycles. The van der Waals surface area contributed by atoms with Crippen molar-refractivity contribution in [3.8, 4) is 5.75 Å². The minimum Gasteiger partial charge on any atom is -0.482 e. The monoisotopic (exact) mass is 513 g/mol. The number of hydrogen-bond acceptors (Lipinski definition) is 6. The van der Waals surface area contributed by atoms with E-state index in [4.69, 9.17) is 10.6 Å². The number of anilines is 1. The minimum atomic E-state index is -0.470. The molecule has 1 aromatic heterocycles. The molecule has 0 spiro atoms. The number of carbonyl (C=O) groups excluding carboxylic acids is 1. The third kappa shape index (κ3) is 5.13. The number of nitrogens with zero attached hydrogens (tertiary/aromatic N) is 3. The van der Waals surface area contributed by atoms with Gasteiger partial charge in [0.25, 0.3) is 0 Å². The Morgan fingerprint density at radius 1 is 1.32 bits per heavy atom. The smallest absolute Gasteiger partial charge is 0.234 e. The number of benzene rings is 2. The lowest BCUT2D eigenvalue weighted by Gasteiger charge is -2.09. The van der Waals surface area contributed by atoms with Crippen LogP contribution in [0, 0.1) is 16.3 Å². The van der Waals surface area contributed by atoms with Crippen molar-refractivity contribution in [2.75, 3.05) is 16.9 Å². The van der Waals surface area contributed by atoms with Crippen LogP contribution in [0.1, 0.15) is 11.4 Å². The summed E-state index contributed by atoms with van der Waals surface area (Å²) in [7, 11) is 0. The third-order valence-electron chi connectivity index (χ3n) is 3.72. The van der Waals surface area contributed by atoms with Crippen LogP contribution in [0.2, 0.25) is 0 Å². The molecule has 3 N–H and O–H groups in total. The van der Waals surface area contributed by atoms with Crippen LogP contribution < -0.4 is 15.9 Å². The van der Waals surface area contributed by atoms with Crippen molar-refractivity contribution < 1.29 is 13.9 Å². The van der Waals surface area contributed by atoms with E-state index in [2.05, 4.69) is 38.1 Å². The number of nitrogen functional groups attached to an aromatic ring is 1. The molecule has 3 aromatic rings. The maximum atomic E-state index is 13.6. The molecule has 0 atom stereocenters. The van der Waals surface area contributed by atoms with Crippen molar-refractivity contribution in [3.05, 3.63) is 63.2 Å². The second-order valence-corrected chi connectivity index (χ2v) is 7.97. The molecule has 0 aliphatic heterocycles. The fraction of sp³-hybridized carbons (Fsp3) is 0.167. The summed E-state index contributed by atoms with van der Waals surface area (Å²) in [6.45, 7) is 1.89. The number of aromatic nitrogens is 3. The summed E-state index contributed by atoms with van der Waals surface area (Å²) in [6.07, 6.45) is 0. The summed E-state index contributed by atoms with van der Waals surface area (Å²) in [4.78, 5) is 12.2. The number of nitrogens with two attached hydrogens (primary N) is 1. The van der Waals surface area contributed by atoms with Crippen LogP contribution in [0.25, 0.3) is 0 Å². The Bertz CT molecular complexity index is 998. The van der Waals surface area contributed by atoms with E-state index in [1.807, 2.05) is 25.1 Å². The van der Waals surface area contributed by atoms with Crippen LogP contribution in [0.15, 0.2) is 47.6 Å². The quantitative estimate of drug-likeness (QED) is 0.286. The Labute approximate surface area is 179 Å². The first kappa shape index (κ1) is 20.4. The van der Waals surface area contributed by atoms with Crippen LogP contribution in [0.5, 0.6) is 5.75 Å². The fourth-order valence-corrected chi connectivity index (χ4v) is 3.61. The molecule has 0 fully saturated rings. The molecule has 1 amide bonds. The van der Waals surface area contributed by atoms with Gasteiger partial charge in [0.2, 0.25) is 11.1 Å². The highest BCUT2D eigenvalue weighted by atomic mass is 127. The van der Waals surface area contributed by atoms with E-state index in [1.165, 1.54) is 16.8 Å². The molecule has 0 aliphatic rings. The molecule has 2 aromatic carbocycles. The molecule has 3 rings (SSSR count). The van der Waals surface area contributed by atoms with Crippen LogP contribution in [0.3, 0.4) is 0 Å². The zero-order chi connectivity index (χ0) is 20.1. The zero-order valence-corrected chi connectivity index (χ0v) is 17.8. The summed E-state index contributed by atoms with van der Waals surface area (Å²) >= 11 is 3.37. The minimum absolute atomic E-state index is 0.0426. The molecule has 10 heteroatoms. The molecule has 0 saturated carbocycles. The molecule has 0 bridgehead atoms. The number of thioether (sulfide) groups is 1. The Kier molecular flexibility index (Phi) is 6.73. The van der Waals surface area contributed by atoms with Crippen molar-refractivity contribution in [2.45, 2.75) is 18.7 Å². The number of para-hydroxylation sites is 1. The number of amides is 1. The summed E-state index contributed by atoms with van der Waals surface area (Å²) in [6, 6.07) is 11.8. The van der Waals surface area contributed by atoms with Gasteiger partial charge in [-0.3, -0.25) is 4.79 Å². The van der Waals surface area contributed by atoms with Gasteiger partial charge in [-0.05, 0) is 65.4 Å². The topological polar surface area (TPSA) is 95.1 Å². The van der Waals surface area contributed by atoms with Crippen molar-refractivity contribution >= 4 is 45.9 Å². The number of ether oxygens (including phenoxy) is 1. The molecule has 0 radical (unpaired) electrons. The molecule has 7 nitrogen and oxygen atoms in total. The van der Waals surface area contributed by atoms with Crippen molar-refractivity contribution in [1.82, 2.24) is 14.9 Å². The first-order valence-corrected chi connectivity index (χ1v) is 10.3. The van der Waals surface area contributed by atoms with Gasteiger partial charge in [0.1, 0.15) is 6.61 Å². The molecular formula is C18H17FIN5O2S. The lowest BCUT2D eigenvalue weighted by Crippen LogP contribution is -2.18. The predicted octanol–water partition coefficient (Wildman–Crippen LogP) is 3.35. The average Bonchev–Trinajstić information content (AvgIpc) is 3.01. The van der Waals surface area contributed by atoms with E-state index in [1.54, 1.807) is 12.1 Å². The van der Waals surface area contributed by atoms with Crippen LogP contribution in [-0.4, -0.2) is 26.5 Å². The van der Waals surface area contributed by atoms with E-state index >= 15 is 0 Å². The largest absolute Gasteiger partial charge is 0.482 e. The maximum Gasteiger partial charge on any atom is 0.234 e. The lowest BCUT2D eigenvalue weighted by atomic mass is 10.2. The molecule has 0 aliphatic carbocycles. The summed E-state index contributed by atoms with van der Waals surface area (Å²) in [5.74, 6) is 5.84. The van der Waals surface area contributed by atoms with Gasteiger partial charge >= 0.3 is 0 Å². The fourth-order valence-electron chi connectivity index (χ4n) is 2.29. The standard InChI is InChI=1S/C18H17FIN5O2S/c1-11-8-12(20)6-7-14(11)22-17(26)10-28-18-24-23-16(25(18)21)9-27-15-5-3-2-4-13(15)19/h2-8H,9-10,21H2,1H3,(H,22,26). The molecule has 28 heavy (non-hydrogen) atoms. The lowest BCUT2D eigenvalue weighted by molar-refractivity contribution is -0.113. The SMILES string of the molecule is Cc1cc(I)ccc1NC(=O)CSc1nnc(COc2ccccc2F)n1N. The molecular weight excluding hydrogens is 496 g/mol. The van der Waals surface area contributed by atoms with E-state index in [-0.39, 0.29) is 24.0 Å². The Morgan fingerprint density at radius 2 is 2.11 bits per heavy atom. The van der Waals surface area contributed by atoms with Crippen LogP contribution in [0.4, 0.5) is 10.1 Å². The Balaban J connectivity index is 1.55. The Morgan fingerprint density at radius 3 is 2.86 bits per heavy atom. The number of carbonyl (C=O) groups is 1. The number of halogens is 2. The highest BCUT2D eigenvalue weighted by Crippen LogP contribution is 2.20. The molecule has 146 valence electrons. The van der Waals surface area contributed by atoms with Crippen molar-refractivity contribution in [3.63, 3.8) is 0 Å². The van der Waals surface area contributed by atoms with Gasteiger partial charge in [-0.1, -0.05) is 23.9 Å². The van der Waals surface area contributed by atoms with Gasteiger partial charge in [-0.15, -0.1) is 10.2 Å². The first-order chi connectivity index (χ1) is 13.4. The van der Waals surface area contributed by atoms with E-state index in [0.717, 1.165) is 26.6 Å². The van der Waals surface area contributed by atoms with E-state index < -0.39 is 5.82 Å². The van der Waals surface area contributed by atoms with E-state index in [9.17, 15) is 9.18 Å². The predicted molar refractivity (Wildman–Crippen MR) is 114 cm³/mol. The highest BCUT2D eigenvalue weighted by Gasteiger charge is 2.14. The van der Waals surface area contributed by atoms with Crippen LogP contribution >= 0.6 is 34.4 Å². The second-order valence-electron chi connectivity index (χ2n) is 5.78.